The minimum absolute atomic E-state index is 0.144. The Hall–Kier alpha value is -2.36. The van der Waals surface area contributed by atoms with Crippen molar-refractivity contribution in [3.63, 3.8) is 0 Å². The van der Waals surface area contributed by atoms with Crippen LogP contribution in [-0.2, 0) is 17.5 Å². The Labute approximate surface area is 130 Å². The van der Waals surface area contributed by atoms with Gasteiger partial charge in [-0.05, 0) is 19.0 Å². The molecule has 0 saturated carbocycles. The number of alkyl halides is 3. The molecular weight excluding hydrogens is 315 g/mol. The summed E-state index contributed by atoms with van der Waals surface area (Å²) in [5.74, 6) is -2.19. The zero-order valence-electron chi connectivity index (χ0n) is 12.0. The van der Waals surface area contributed by atoms with Gasteiger partial charge in [-0.15, -0.1) is 0 Å². The van der Waals surface area contributed by atoms with E-state index in [0.717, 1.165) is 6.20 Å². The van der Waals surface area contributed by atoms with Crippen LogP contribution in [0.5, 0.6) is 0 Å². The van der Waals surface area contributed by atoms with E-state index in [1.807, 2.05) is 0 Å². The molecule has 0 fully saturated rings. The number of carboxylic acids is 1. The van der Waals surface area contributed by atoms with Crippen LogP contribution in [0.3, 0.4) is 0 Å². The largest absolute Gasteiger partial charge is 0.478 e. The van der Waals surface area contributed by atoms with Crippen molar-refractivity contribution in [2.45, 2.75) is 31.2 Å². The van der Waals surface area contributed by atoms with Crippen LogP contribution in [0.25, 0.3) is 0 Å². The molecule has 126 valence electrons. The van der Waals surface area contributed by atoms with E-state index in [2.05, 4.69) is 25.9 Å². The van der Waals surface area contributed by atoms with E-state index in [1.54, 1.807) is 0 Å². The lowest BCUT2D eigenvalue weighted by atomic mass is 10.1. The van der Waals surface area contributed by atoms with Crippen LogP contribution < -0.4 is 16.0 Å². The number of carboxylic acid groups (broad SMARTS) is 1. The fourth-order valence-electron chi connectivity index (χ4n) is 2.11. The number of nitrogens with zero attached hydrogens (tertiary/aromatic N) is 2. The minimum Gasteiger partial charge on any atom is -0.478 e. The van der Waals surface area contributed by atoms with Gasteiger partial charge in [0.25, 0.3) is 0 Å². The molecule has 1 aliphatic rings. The molecule has 0 unspecified atom stereocenters. The second-order valence-electron chi connectivity index (χ2n) is 4.98. The summed E-state index contributed by atoms with van der Waals surface area (Å²) < 4.78 is 37.4. The van der Waals surface area contributed by atoms with Gasteiger partial charge in [0, 0.05) is 31.6 Å². The number of aliphatic carboxylic acids is 1. The maximum Gasteiger partial charge on any atom is 0.451 e. The number of nitrogens with one attached hydrogen (secondary N) is 3. The molecule has 0 radical (unpaired) electrons. The fraction of sp³-hybridized carbons (Fsp3) is 0.462. The quantitative estimate of drug-likeness (QED) is 0.549. The number of rotatable bonds is 7. The molecule has 0 aliphatic carbocycles. The van der Waals surface area contributed by atoms with E-state index in [-0.39, 0.29) is 12.2 Å². The van der Waals surface area contributed by atoms with E-state index in [9.17, 15) is 23.1 Å². The van der Waals surface area contributed by atoms with Crippen LogP contribution in [0.15, 0.2) is 24.7 Å². The lowest BCUT2D eigenvalue weighted by Crippen LogP contribution is -2.56. The first kappa shape index (κ1) is 17.0. The molecule has 1 aromatic rings. The third-order valence-electron chi connectivity index (χ3n) is 3.29. The minimum atomic E-state index is -4.57. The normalized spacial score (nSPS) is 16.0. The van der Waals surface area contributed by atoms with E-state index >= 15 is 0 Å². The van der Waals surface area contributed by atoms with E-state index < -0.39 is 23.6 Å². The van der Waals surface area contributed by atoms with Crippen LogP contribution in [0.4, 0.5) is 13.2 Å². The molecule has 0 spiro atoms. The summed E-state index contributed by atoms with van der Waals surface area (Å²) in [7, 11) is 0. The first-order chi connectivity index (χ1) is 10.8. The van der Waals surface area contributed by atoms with Gasteiger partial charge in [0.05, 0.1) is 5.69 Å². The zero-order valence-corrected chi connectivity index (χ0v) is 12.0. The molecule has 2 heterocycles. The van der Waals surface area contributed by atoms with Crippen LogP contribution in [0, 0.1) is 0 Å². The van der Waals surface area contributed by atoms with Gasteiger partial charge in [0.15, 0.2) is 0 Å². The lowest BCUT2D eigenvalue weighted by molar-refractivity contribution is -0.146. The molecule has 23 heavy (non-hydrogen) atoms. The monoisotopic (exact) mass is 331 g/mol. The molecule has 0 bridgehead atoms. The van der Waals surface area contributed by atoms with Gasteiger partial charge in [0.1, 0.15) is 0 Å². The Morgan fingerprint density at radius 1 is 1.35 bits per heavy atom. The topological polar surface area (TPSA) is 99.2 Å². The van der Waals surface area contributed by atoms with Crippen molar-refractivity contribution in [1.82, 2.24) is 25.9 Å². The van der Waals surface area contributed by atoms with Gasteiger partial charge in [-0.1, -0.05) is 0 Å². The Kier molecular flexibility index (Phi) is 5.04. The first-order valence-corrected chi connectivity index (χ1v) is 6.87. The summed E-state index contributed by atoms with van der Waals surface area (Å²) in [6.07, 6.45) is 0.328. The molecule has 0 atom stereocenters. The Morgan fingerprint density at radius 3 is 2.65 bits per heavy atom. The predicted molar refractivity (Wildman–Crippen MR) is 73.8 cm³/mol. The number of hydrogen-bond donors (Lipinski definition) is 4. The van der Waals surface area contributed by atoms with Crippen LogP contribution in [-0.4, -0.2) is 33.3 Å². The Balaban J connectivity index is 1.77. The third-order valence-corrected chi connectivity index (χ3v) is 3.29. The highest BCUT2D eigenvalue weighted by Gasteiger charge is 2.38. The van der Waals surface area contributed by atoms with Crippen LogP contribution in [0.2, 0.25) is 0 Å². The number of halogens is 3. The van der Waals surface area contributed by atoms with Crippen molar-refractivity contribution in [3.05, 3.63) is 36.2 Å². The summed E-state index contributed by atoms with van der Waals surface area (Å²) >= 11 is 0. The van der Waals surface area contributed by atoms with Crippen molar-refractivity contribution < 1.29 is 23.1 Å². The Bertz CT molecular complexity index is 583. The fourth-order valence-corrected chi connectivity index (χ4v) is 2.11. The maximum atomic E-state index is 12.5. The van der Waals surface area contributed by atoms with Crippen molar-refractivity contribution in [2.75, 3.05) is 6.54 Å². The van der Waals surface area contributed by atoms with Crippen molar-refractivity contribution in [1.29, 1.82) is 0 Å². The lowest BCUT2D eigenvalue weighted by Gasteiger charge is -2.25. The summed E-state index contributed by atoms with van der Waals surface area (Å²) in [5.41, 5.74) is -1.00. The molecule has 4 N–H and O–H groups in total. The average Bonchev–Trinajstić information content (AvgIpc) is 2.96. The number of hydrogen-bond acceptors (Lipinski definition) is 6. The molecule has 10 heteroatoms. The van der Waals surface area contributed by atoms with Gasteiger partial charge in [-0.3, -0.25) is 0 Å². The van der Waals surface area contributed by atoms with Gasteiger partial charge in [0.2, 0.25) is 11.5 Å². The highest BCUT2D eigenvalue weighted by atomic mass is 19.4. The molecular formula is C13H16F3N5O2. The van der Waals surface area contributed by atoms with Crippen molar-refractivity contribution in [2.24, 2.45) is 0 Å². The summed E-state index contributed by atoms with van der Waals surface area (Å²) in [5, 5.41) is 17.6. The number of aromatic nitrogens is 2. The maximum absolute atomic E-state index is 12.5. The molecule has 0 aromatic carbocycles. The standard InChI is InChI=1S/C13H16F3N5O2/c14-13(15,16)10-18-5-2-9(21-10)8-17-4-1-3-12(11(22)23)19-6-7-20-12/h2,5-7,17,19-20H,1,3-4,8H2,(H,22,23). The highest BCUT2D eigenvalue weighted by Crippen LogP contribution is 2.25. The van der Waals surface area contributed by atoms with Crippen LogP contribution in [0.1, 0.15) is 24.4 Å². The summed E-state index contributed by atoms with van der Waals surface area (Å²) in [4.78, 5) is 17.8. The molecule has 0 amide bonds. The smallest absolute Gasteiger partial charge is 0.451 e. The summed E-state index contributed by atoms with van der Waals surface area (Å²) in [6.45, 7) is 0.578. The van der Waals surface area contributed by atoms with Crippen LogP contribution >= 0.6 is 0 Å². The third kappa shape index (κ3) is 4.31. The number of carbonyl (C=O) groups is 1. The summed E-state index contributed by atoms with van der Waals surface area (Å²) in [6, 6.07) is 1.39. The molecule has 7 nitrogen and oxygen atoms in total. The Morgan fingerprint density at radius 2 is 2.04 bits per heavy atom. The van der Waals surface area contributed by atoms with Gasteiger partial charge >= 0.3 is 12.1 Å². The predicted octanol–water partition coefficient (Wildman–Crippen LogP) is 0.810. The van der Waals surface area contributed by atoms with Gasteiger partial charge < -0.3 is 21.1 Å². The van der Waals surface area contributed by atoms with E-state index in [4.69, 9.17) is 0 Å². The average molecular weight is 331 g/mol. The van der Waals surface area contributed by atoms with E-state index in [0.29, 0.717) is 19.4 Å². The molecule has 1 aromatic heterocycles. The molecule has 2 rings (SSSR count). The second kappa shape index (κ2) is 6.82. The van der Waals surface area contributed by atoms with Gasteiger partial charge in [-0.25, -0.2) is 14.8 Å². The SMILES string of the molecule is O=C(O)C1(CCCNCc2ccnc(C(F)(F)F)n2)NC=CN1. The zero-order chi connectivity index (χ0) is 16.9. The second-order valence-corrected chi connectivity index (χ2v) is 4.98. The van der Waals surface area contributed by atoms with E-state index in [1.165, 1.54) is 18.5 Å². The molecule has 0 saturated heterocycles. The van der Waals surface area contributed by atoms with Crippen molar-refractivity contribution >= 4 is 5.97 Å². The van der Waals surface area contributed by atoms with Gasteiger partial charge in [-0.2, -0.15) is 13.2 Å². The van der Waals surface area contributed by atoms with Crippen molar-refractivity contribution in [3.8, 4) is 0 Å². The molecule has 1 aliphatic heterocycles. The highest BCUT2D eigenvalue weighted by molar-refractivity contribution is 5.79. The first-order valence-electron chi connectivity index (χ1n) is 6.87.